The Morgan fingerprint density at radius 3 is 2.62 bits per heavy atom. The Morgan fingerprint density at radius 1 is 1.14 bits per heavy atom. The third-order valence-corrected chi connectivity index (χ3v) is 3.70. The number of methoxy groups -OCH3 is 1. The van der Waals surface area contributed by atoms with Crippen LogP contribution in [-0.4, -0.2) is 44.1 Å². The van der Waals surface area contributed by atoms with E-state index in [1.54, 1.807) is 7.11 Å². The zero-order valence-corrected chi connectivity index (χ0v) is 12.7. The molecule has 0 radical (unpaired) electrons. The van der Waals surface area contributed by atoms with Crippen molar-refractivity contribution in [1.29, 1.82) is 0 Å². The average Bonchev–Trinajstić information content (AvgIpc) is 2.90. The first-order valence-electron chi connectivity index (χ1n) is 7.24. The summed E-state index contributed by atoms with van der Waals surface area (Å²) in [5.74, 6) is -0.637. The molecule has 0 amide bonds. The molecule has 0 aliphatic carbocycles. The maximum absolute atomic E-state index is 6.05. The highest BCUT2D eigenvalue weighted by molar-refractivity contribution is 5.13. The molecule has 5 nitrogen and oxygen atoms in total. The van der Waals surface area contributed by atoms with E-state index in [1.165, 1.54) is 0 Å². The zero-order valence-electron chi connectivity index (χ0n) is 12.7. The predicted molar refractivity (Wildman–Crippen MR) is 75.6 cm³/mol. The lowest BCUT2D eigenvalue weighted by atomic mass is 10.1. The highest BCUT2D eigenvalue weighted by Gasteiger charge is 2.55. The fourth-order valence-corrected chi connectivity index (χ4v) is 2.81. The second-order valence-electron chi connectivity index (χ2n) is 5.86. The lowest BCUT2D eigenvalue weighted by Crippen LogP contribution is -2.38. The second-order valence-corrected chi connectivity index (χ2v) is 5.86. The second kappa shape index (κ2) is 6.02. The summed E-state index contributed by atoms with van der Waals surface area (Å²) in [7, 11) is 1.65. The summed E-state index contributed by atoms with van der Waals surface area (Å²) in [6.07, 6.45) is -0.980. The molecule has 0 unspecified atom stereocenters. The Morgan fingerprint density at radius 2 is 1.90 bits per heavy atom. The zero-order chi connectivity index (χ0) is 14.9. The normalized spacial score (nSPS) is 34.0. The van der Waals surface area contributed by atoms with Crippen LogP contribution >= 0.6 is 0 Å². The number of hydrogen-bond acceptors (Lipinski definition) is 5. The van der Waals surface area contributed by atoms with Gasteiger partial charge >= 0.3 is 0 Å². The van der Waals surface area contributed by atoms with Crippen molar-refractivity contribution in [3.63, 3.8) is 0 Å². The van der Waals surface area contributed by atoms with Crippen LogP contribution in [0.5, 0.6) is 0 Å². The van der Waals surface area contributed by atoms with Crippen molar-refractivity contribution in [3.8, 4) is 0 Å². The number of ether oxygens (including phenoxy) is 5. The Balaban J connectivity index is 1.67. The number of fused-ring (bicyclic) bond motifs is 1. The highest BCUT2D eigenvalue weighted by atomic mass is 16.8. The van der Waals surface area contributed by atoms with E-state index in [0.717, 1.165) is 5.56 Å². The molecule has 3 rings (SSSR count). The van der Waals surface area contributed by atoms with Crippen molar-refractivity contribution < 1.29 is 23.7 Å². The van der Waals surface area contributed by atoms with Gasteiger partial charge in [0.2, 0.25) is 0 Å². The summed E-state index contributed by atoms with van der Waals surface area (Å²) >= 11 is 0. The van der Waals surface area contributed by atoms with Gasteiger partial charge in [-0.25, -0.2) is 0 Å². The molecule has 1 aromatic rings. The summed E-state index contributed by atoms with van der Waals surface area (Å²) in [5.41, 5.74) is 1.12. The first-order valence-corrected chi connectivity index (χ1v) is 7.24. The fourth-order valence-electron chi connectivity index (χ4n) is 2.81. The number of benzene rings is 1. The van der Waals surface area contributed by atoms with E-state index < -0.39 is 5.79 Å². The summed E-state index contributed by atoms with van der Waals surface area (Å²) in [5, 5.41) is 0. The Labute approximate surface area is 125 Å². The van der Waals surface area contributed by atoms with E-state index in [2.05, 4.69) is 0 Å². The number of hydrogen-bond donors (Lipinski definition) is 0. The summed E-state index contributed by atoms with van der Waals surface area (Å²) in [6.45, 7) is 4.74. The van der Waals surface area contributed by atoms with Gasteiger partial charge in [0.25, 0.3) is 0 Å². The van der Waals surface area contributed by atoms with Crippen molar-refractivity contribution in [2.75, 3.05) is 13.7 Å². The van der Waals surface area contributed by atoms with Gasteiger partial charge in [-0.05, 0) is 19.4 Å². The van der Waals surface area contributed by atoms with Gasteiger partial charge in [0.15, 0.2) is 12.1 Å². The molecule has 2 fully saturated rings. The number of rotatable bonds is 5. The average molecular weight is 294 g/mol. The standard InChI is InChI=1S/C16H22O5/c1-16(2)20-14-13(12(10-17-3)19-15(14)21-16)18-9-11-7-5-4-6-8-11/h4-8,12-15H,9-10H2,1-3H3/t12-,13+,14-,15-/m1/s1. The van der Waals surface area contributed by atoms with Gasteiger partial charge in [-0.3, -0.25) is 0 Å². The lowest BCUT2D eigenvalue weighted by molar-refractivity contribution is -0.223. The van der Waals surface area contributed by atoms with Gasteiger partial charge in [0.05, 0.1) is 13.2 Å². The molecule has 2 saturated heterocycles. The van der Waals surface area contributed by atoms with E-state index in [4.69, 9.17) is 23.7 Å². The van der Waals surface area contributed by atoms with E-state index in [0.29, 0.717) is 13.2 Å². The molecular formula is C16H22O5. The Bertz CT molecular complexity index is 461. The van der Waals surface area contributed by atoms with Gasteiger partial charge in [-0.2, -0.15) is 0 Å². The molecule has 1 aromatic carbocycles. The van der Waals surface area contributed by atoms with E-state index in [-0.39, 0.29) is 24.6 Å². The Hall–Kier alpha value is -0.980. The van der Waals surface area contributed by atoms with Crippen molar-refractivity contribution in [2.45, 2.75) is 50.8 Å². The molecule has 2 aliphatic heterocycles. The molecule has 0 aromatic heterocycles. The van der Waals surface area contributed by atoms with Crippen LogP contribution in [0.4, 0.5) is 0 Å². The summed E-state index contributed by atoms with van der Waals surface area (Å²) < 4.78 is 28.8. The maximum atomic E-state index is 6.05. The highest BCUT2D eigenvalue weighted by Crippen LogP contribution is 2.39. The van der Waals surface area contributed by atoms with Gasteiger partial charge in [0, 0.05) is 7.11 Å². The molecule has 2 aliphatic rings. The van der Waals surface area contributed by atoms with Crippen LogP contribution in [0.2, 0.25) is 0 Å². The minimum absolute atomic E-state index is 0.176. The third kappa shape index (κ3) is 3.27. The largest absolute Gasteiger partial charge is 0.382 e. The smallest absolute Gasteiger partial charge is 0.190 e. The SMILES string of the molecule is COC[C@H]1O[C@@H]2OC(C)(C)O[C@@H]2[C@H]1OCc1ccccc1. The molecule has 0 saturated carbocycles. The van der Waals surface area contributed by atoms with E-state index >= 15 is 0 Å². The van der Waals surface area contributed by atoms with Gasteiger partial charge in [0.1, 0.15) is 18.3 Å². The van der Waals surface area contributed by atoms with Crippen LogP contribution in [0.15, 0.2) is 30.3 Å². The molecular weight excluding hydrogens is 272 g/mol. The molecule has 4 atom stereocenters. The Kier molecular flexibility index (Phi) is 4.28. The third-order valence-electron chi connectivity index (χ3n) is 3.70. The van der Waals surface area contributed by atoms with Crippen molar-refractivity contribution in [1.82, 2.24) is 0 Å². The van der Waals surface area contributed by atoms with Crippen LogP contribution in [0.25, 0.3) is 0 Å². The van der Waals surface area contributed by atoms with Crippen LogP contribution in [0.3, 0.4) is 0 Å². The van der Waals surface area contributed by atoms with Gasteiger partial charge in [-0.1, -0.05) is 30.3 Å². The monoisotopic (exact) mass is 294 g/mol. The van der Waals surface area contributed by atoms with E-state index in [9.17, 15) is 0 Å². The molecule has 5 heteroatoms. The summed E-state index contributed by atoms with van der Waals surface area (Å²) in [4.78, 5) is 0. The molecule has 0 N–H and O–H groups in total. The van der Waals surface area contributed by atoms with Crippen LogP contribution < -0.4 is 0 Å². The van der Waals surface area contributed by atoms with Crippen LogP contribution in [0, 0.1) is 0 Å². The van der Waals surface area contributed by atoms with Crippen LogP contribution in [-0.2, 0) is 30.3 Å². The minimum atomic E-state index is -0.637. The van der Waals surface area contributed by atoms with E-state index in [1.807, 2.05) is 44.2 Å². The molecule has 0 spiro atoms. The van der Waals surface area contributed by atoms with Crippen LogP contribution in [0.1, 0.15) is 19.4 Å². The lowest BCUT2D eigenvalue weighted by Gasteiger charge is -2.25. The summed E-state index contributed by atoms with van der Waals surface area (Å²) in [6, 6.07) is 10.1. The predicted octanol–water partition coefficient (Wildman–Crippen LogP) is 2.09. The van der Waals surface area contributed by atoms with Gasteiger partial charge < -0.3 is 23.7 Å². The van der Waals surface area contributed by atoms with Crippen molar-refractivity contribution in [3.05, 3.63) is 35.9 Å². The van der Waals surface area contributed by atoms with Gasteiger partial charge in [-0.15, -0.1) is 0 Å². The topological polar surface area (TPSA) is 46.2 Å². The van der Waals surface area contributed by atoms with Crippen molar-refractivity contribution >= 4 is 0 Å². The van der Waals surface area contributed by atoms with Crippen molar-refractivity contribution in [2.24, 2.45) is 0 Å². The molecule has 21 heavy (non-hydrogen) atoms. The molecule has 116 valence electrons. The fraction of sp³-hybridized carbons (Fsp3) is 0.625. The minimum Gasteiger partial charge on any atom is -0.382 e. The quantitative estimate of drug-likeness (QED) is 0.832. The first kappa shape index (κ1) is 14.9. The molecule has 2 heterocycles. The maximum Gasteiger partial charge on any atom is 0.190 e. The molecule has 0 bridgehead atoms. The first-order chi connectivity index (χ1) is 10.1.